The molecule has 0 amide bonds. The number of rotatable bonds is 1. The molecule has 2 aromatic rings. The minimum atomic E-state index is 0.214. The number of hydrogen-bond donors (Lipinski definition) is 0. The Balaban J connectivity index is 1.61. The SMILES string of the molecule is Cc1cc2c(cc1N1C(C)C3(CCCCC3)CC1(C)C)-n1ccnc1C2. The van der Waals surface area contributed by atoms with E-state index in [-0.39, 0.29) is 5.54 Å². The van der Waals surface area contributed by atoms with Crippen molar-refractivity contribution in [1.82, 2.24) is 9.55 Å². The molecule has 5 rings (SSSR count). The van der Waals surface area contributed by atoms with Crippen LogP contribution in [0.4, 0.5) is 5.69 Å². The van der Waals surface area contributed by atoms with Crippen molar-refractivity contribution in [1.29, 1.82) is 0 Å². The summed E-state index contributed by atoms with van der Waals surface area (Å²) in [5.41, 5.74) is 6.34. The average Bonchev–Trinajstić information content (AvgIpc) is 3.21. The number of nitrogens with zero attached hydrogens (tertiary/aromatic N) is 3. The Morgan fingerprint density at radius 2 is 1.85 bits per heavy atom. The highest BCUT2D eigenvalue weighted by Crippen LogP contribution is 2.56. The van der Waals surface area contributed by atoms with Crippen LogP contribution in [0.25, 0.3) is 5.69 Å². The second-order valence-corrected chi connectivity index (χ2v) is 9.62. The topological polar surface area (TPSA) is 21.1 Å². The van der Waals surface area contributed by atoms with E-state index >= 15 is 0 Å². The van der Waals surface area contributed by atoms with Gasteiger partial charge >= 0.3 is 0 Å². The Labute approximate surface area is 157 Å². The zero-order chi connectivity index (χ0) is 18.1. The summed E-state index contributed by atoms with van der Waals surface area (Å²) in [7, 11) is 0. The van der Waals surface area contributed by atoms with Crippen LogP contribution in [-0.2, 0) is 6.42 Å². The van der Waals surface area contributed by atoms with Crippen molar-refractivity contribution in [2.24, 2.45) is 5.41 Å². The van der Waals surface area contributed by atoms with E-state index < -0.39 is 0 Å². The molecule has 26 heavy (non-hydrogen) atoms. The van der Waals surface area contributed by atoms with Gasteiger partial charge in [0.05, 0.1) is 5.69 Å². The fourth-order valence-electron chi connectivity index (χ4n) is 6.50. The molecule has 138 valence electrons. The Kier molecular flexibility index (Phi) is 3.39. The van der Waals surface area contributed by atoms with E-state index in [4.69, 9.17) is 0 Å². The normalized spacial score (nSPS) is 25.5. The van der Waals surface area contributed by atoms with Gasteiger partial charge in [-0.15, -0.1) is 0 Å². The Hall–Kier alpha value is -1.77. The molecule has 1 aromatic heterocycles. The van der Waals surface area contributed by atoms with E-state index in [2.05, 4.69) is 60.5 Å². The summed E-state index contributed by atoms with van der Waals surface area (Å²) in [5, 5.41) is 0. The summed E-state index contributed by atoms with van der Waals surface area (Å²) >= 11 is 0. The molecule has 0 N–H and O–H groups in total. The first-order valence-corrected chi connectivity index (χ1v) is 10.4. The lowest BCUT2D eigenvalue weighted by molar-refractivity contribution is 0.170. The lowest BCUT2D eigenvalue weighted by Crippen LogP contribution is -2.44. The van der Waals surface area contributed by atoms with Gasteiger partial charge in [0.15, 0.2) is 0 Å². The minimum absolute atomic E-state index is 0.214. The monoisotopic (exact) mass is 349 g/mol. The Morgan fingerprint density at radius 1 is 1.08 bits per heavy atom. The van der Waals surface area contributed by atoms with Crippen LogP contribution >= 0.6 is 0 Å². The molecule has 2 fully saturated rings. The summed E-state index contributed by atoms with van der Waals surface area (Å²) in [6.07, 6.45) is 13.4. The standard InChI is InChI=1S/C23H31N3/c1-16-12-18-13-21-24-10-11-25(21)20(18)14-19(16)26-17(2)23(15-22(26,3)4)8-6-5-7-9-23/h10-12,14,17H,5-9,13,15H2,1-4H3. The van der Waals surface area contributed by atoms with Crippen LogP contribution < -0.4 is 4.90 Å². The summed E-state index contributed by atoms with van der Waals surface area (Å²) in [6, 6.07) is 5.47. The van der Waals surface area contributed by atoms with Crippen LogP contribution in [0.1, 0.15) is 76.2 Å². The van der Waals surface area contributed by atoms with Crippen molar-refractivity contribution in [2.75, 3.05) is 4.90 Å². The molecule has 1 atom stereocenters. The van der Waals surface area contributed by atoms with Crippen LogP contribution in [0.2, 0.25) is 0 Å². The lowest BCUT2D eigenvalue weighted by atomic mass is 9.68. The summed E-state index contributed by atoms with van der Waals surface area (Å²) in [5.74, 6) is 1.18. The zero-order valence-corrected chi connectivity index (χ0v) is 16.7. The number of aryl methyl sites for hydroxylation is 1. The number of hydrogen-bond acceptors (Lipinski definition) is 2. The van der Waals surface area contributed by atoms with E-state index in [0.717, 1.165) is 6.42 Å². The molecule has 3 aliphatic rings. The van der Waals surface area contributed by atoms with E-state index in [1.54, 1.807) is 0 Å². The molecule has 0 radical (unpaired) electrons. The predicted octanol–water partition coefficient (Wildman–Crippen LogP) is 5.41. The summed E-state index contributed by atoms with van der Waals surface area (Å²) in [4.78, 5) is 7.30. The molecule has 1 aliphatic carbocycles. The highest BCUT2D eigenvalue weighted by atomic mass is 15.3. The molecule has 3 heteroatoms. The van der Waals surface area contributed by atoms with Crippen LogP contribution in [0.5, 0.6) is 0 Å². The largest absolute Gasteiger partial charge is 0.363 e. The maximum atomic E-state index is 4.53. The third-order valence-electron chi connectivity index (χ3n) is 7.54. The molecular weight excluding hydrogens is 318 g/mol. The number of aromatic nitrogens is 2. The fraction of sp³-hybridized carbons (Fsp3) is 0.609. The van der Waals surface area contributed by atoms with Gasteiger partial charge in [0.25, 0.3) is 0 Å². The quantitative estimate of drug-likeness (QED) is 0.585. The number of anilines is 1. The van der Waals surface area contributed by atoms with Gasteiger partial charge in [0, 0.05) is 36.1 Å². The fourth-order valence-corrected chi connectivity index (χ4v) is 6.50. The number of imidazole rings is 1. The van der Waals surface area contributed by atoms with Gasteiger partial charge in [-0.25, -0.2) is 4.98 Å². The molecule has 0 bridgehead atoms. The predicted molar refractivity (Wildman–Crippen MR) is 107 cm³/mol. The smallest absolute Gasteiger partial charge is 0.117 e. The first-order valence-electron chi connectivity index (χ1n) is 10.4. The highest BCUT2D eigenvalue weighted by Gasteiger charge is 2.53. The molecule has 2 aliphatic heterocycles. The van der Waals surface area contributed by atoms with Gasteiger partial charge in [-0.3, -0.25) is 0 Å². The van der Waals surface area contributed by atoms with Crippen molar-refractivity contribution >= 4 is 5.69 Å². The Morgan fingerprint density at radius 3 is 2.62 bits per heavy atom. The van der Waals surface area contributed by atoms with Gasteiger partial charge < -0.3 is 9.47 Å². The molecule has 3 nitrogen and oxygen atoms in total. The molecule has 1 saturated heterocycles. The lowest BCUT2D eigenvalue weighted by Gasteiger charge is -2.41. The van der Waals surface area contributed by atoms with Gasteiger partial charge in [-0.05, 0) is 69.6 Å². The van der Waals surface area contributed by atoms with Gasteiger partial charge in [0.1, 0.15) is 5.82 Å². The van der Waals surface area contributed by atoms with Crippen molar-refractivity contribution in [2.45, 2.75) is 84.2 Å². The Bertz CT molecular complexity index is 854. The molecule has 1 aromatic carbocycles. The van der Waals surface area contributed by atoms with Gasteiger partial charge in [-0.1, -0.05) is 25.3 Å². The van der Waals surface area contributed by atoms with Crippen molar-refractivity contribution in [3.05, 3.63) is 41.5 Å². The van der Waals surface area contributed by atoms with E-state index in [9.17, 15) is 0 Å². The molecule has 1 unspecified atom stereocenters. The second-order valence-electron chi connectivity index (χ2n) is 9.62. The minimum Gasteiger partial charge on any atom is -0.363 e. The van der Waals surface area contributed by atoms with Crippen LogP contribution in [0.15, 0.2) is 24.5 Å². The second kappa shape index (κ2) is 5.37. The van der Waals surface area contributed by atoms with Crippen molar-refractivity contribution in [3.63, 3.8) is 0 Å². The molecule has 1 saturated carbocycles. The number of fused-ring (bicyclic) bond motifs is 3. The summed E-state index contributed by atoms with van der Waals surface area (Å²) in [6.45, 7) is 9.71. The van der Waals surface area contributed by atoms with Crippen molar-refractivity contribution in [3.8, 4) is 5.69 Å². The van der Waals surface area contributed by atoms with Crippen LogP contribution in [0, 0.1) is 12.3 Å². The maximum absolute atomic E-state index is 4.53. The third-order valence-corrected chi connectivity index (χ3v) is 7.54. The van der Waals surface area contributed by atoms with E-state index in [0.29, 0.717) is 11.5 Å². The van der Waals surface area contributed by atoms with Gasteiger partial charge in [0.2, 0.25) is 0 Å². The first kappa shape index (κ1) is 16.4. The molecule has 3 heterocycles. The maximum Gasteiger partial charge on any atom is 0.117 e. The molecule has 1 spiro atoms. The zero-order valence-electron chi connectivity index (χ0n) is 16.7. The van der Waals surface area contributed by atoms with Gasteiger partial charge in [-0.2, -0.15) is 0 Å². The highest BCUT2D eigenvalue weighted by molar-refractivity contribution is 5.66. The number of benzene rings is 1. The third kappa shape index (κ3) is 2.15. The van der Waals surface area contributed by atoms with Crippen LogP contribution in [-0.4, -0.2) is 21.1 Å². The van der Waals surface area contributed by atoms with Crippen molar-refractivity contribution < 1.29 is 0 Å². The molecular formula is C23H31N3. The average molecular weight is 350 g/mol. The first-order chi connectivity index (χ1) is 12.4. The van der Waals surface area contributed by atoms with E-state index in [1.165, 1.54) is 66.9 Å². The summed E-state index contributed by atoms with van der Waals surface area (Å²) < 4.78 is 2.28. The van der Waals surface area contributed by atoms with Crippen LogP contribution in [0.3, 0.4) is 0 Å². The van der Waals surface area contributed by atoms with E-state index in [1.807, 2.05) is 6.20 Å².